The van der Waals surface area contributed by atoms with E-state index in [1.165, 1.54) is 12.8 Å². The minimum Gasteiger partial charge on any atom is -0.496 e. The molecule has 19 heavy (non-hydrogen) atoms. The van der Waals surface area contributed by atoms with Crippen molar-refractivity contribution in [3.05, 3.63) is 23.0 Å². The predicted molar refractivity (Wildman–Crippen MR) is 75.3 cm³/mol. The molecule has 106 valence electrons. The fraction of sp³-hybridized carbons (Fsp3) is 0.667. The van der Waals surface area contributed by atoms with Crippen molar-refractivity contribution in [3.63, 3.8) is 0 Å². The van der Waals surface area contributed by atoms with E-state index in [0.29, 0.717) is 6.61 Å². The quantitative estimate of drug-likeness (QED) is 0.907. The summed E-state index contributed by atoms with van der Waals surface area (Å²) in [5, 5.41) is 0. The smallest absolute Gasteiger partial charge is 0.128 e. The first-order valence-electron chi connectivity index (χ1n) is 6.99. The van der Waals surface area contributed by atoms with Crippen molar-refractivity contribution in [1.29, 1.82) is 0 Å². The van der Waals surface area contributed by atoms with Gasteiger partial charge in [-0.2, -0.15) is 0 Å². The van der Waals surface area contributed by atoms with Crippen molar-refractivity contribution in [1.82, 2.24) is 4.98 Å². The van der Waals surface area contributed by atoms with Gasteiger partial charge in [-0.05, 0) is 26.7 Å². The maximum atomic E-state index is 6.09. The average Bonchev–Trinajstić information content (AvgIpc) is 2.40. The Morgan fingerprint density at radius 1 is 1.32 bits per heavy atom. The molecule has 1 fully saturated rings. The summed E-state index contributed by atoms with van der Waals surface area (Å²) < 4.78 is 11.4. The summed E-state index contributed by atoms with van der Waals surface area (Å²) in [5.74, 6) is 0.904. The van der Waals surface area contributed by atoms with E-state index >= 15 is 0 Å². The van der Waals surface area contributed by atoms with Crippen LogP contribution < -0.4 is 10.5 Å². The standard InChI is InChI=1S/C15H24N2O2/c1-10-8-17-13(11(2)15(10)18-3)9-19-14-7-5-4-6-12(14)16/h8,12,14H,4-7,9,16H2,1-3H3. The molecule has 1 saturated carbocycles. The Morgan fingerprint density at radius 3 is 2.74 bits per heavy atom. The van der Waals surface area contributed by atoms with E-state index < -0.39 is 0 Å². The average molecular weight is 264 g/mol. The maximum Gasteiger partial charge on any atom is 0.128 e. The van der Waals surface area contributed by atoms with Gasteiger partial charge in [0.15, 0.2) is 0 Å². The molecule has 2 N–H and O–H groups in total. The maximum absolute atomic E-state index is 6.09. The lowest BCUT2D eigenvalue weighted by Gasteiger charge is -2.28. The lowest BCUT2D eigenvalue weighted by Crippen LogP contribution is -2.39. The number of aryl methyl sites for hydroxylation is 1. The fourth-order valence-corrected chi connectivity index (χ4v) is 2.74. The number of nitrogens with zero attached hydrogens (tertiary/aromatic N) is 1. The molecule has 0 aliphatic heterocycles. The molecule has 1 aliphatic rings. The van der Waals surface area contributed by atoms with Crippen LogP contribution >= 0.6 is 0 Å². The third-order valence-electron chi connectivity index (χ3n) is 3.94. The molecule has 0 saturated heterocycles. The van der Waals surface area contributed by atoms with Gasteiger partial charge >= 0.3 is 0 Å². The molecule has 0 spiro atoms. The Hall–Kier alpha value is -1.13. The number of rotatable bonds is 4. The van der Waals surface area contributed by atoms with Gasteiger partial charge in [-0.25, -0.2) is 0 Å². The Morgan fingerprint density at radius 2 is 2.05 bits per heavy atom. The molecule has 4 nitrogen and oxygen atoms in total. The number of pyridine rings is 1. The number of hydrogen-bond donors (Lipinski definition) is 1. The summed E-state index contributed by atoms with van der Waals surface area (Å²) in [7, 11) is 1.69. The summed E-state index contributed by atoms with van der Waals surface area (Å²) in [5.41, 5.74) is 9.15. The summed E-state index contributed by atoms with van der Waals surface area (Å²) in [6.45, 7) is 4.54. The molecular weight excluding hydrogens is 240 g/mol. The Balaban J connectivity index is 2.03. The van der Waals surface area contributed by atoms with Gasteiger partial charge in [0, 0.05) is 23.4 Å². The van der Waals surface area contributed by atoms with Crippen LogP contribution in [0.3, 0.4) is 0 Å². The molecule has 2 rings (SSSR count). The van der Waals surface area contributed by atoms with E-state index in [4.69, 9.17) is 15.2 Å². The van der Waals surface area contributed by atoms with Gasteiger partial charge < -0.3 is 15.2 Å². The van der Waals surface area contributed by atoms with Gasteiger partial charge in [-0.15, -0.1) is 0 Å². The highest BCUT2D eigenvalue weighted by atomic mass is 16.5. The van der Waals surface area contributed by atoms with Crippen molar-refractivity contribution < 1.29 is 9.47 Å². The second-order valence-electron chi connectivity index (χ2n) is 5.34. The number of nitrogens with two attached hydrogens (primary N) is 1. The molecule has 0 radical (unpaired) electrons. The minimum atomic E-state index is 0.168. The summed E-state index contributed by atoms with van der Waals surface area (Å²) in [6.07, 6.45) is 6.56. The van der Waals surface area contributed by atoms with Crippen molar-refractivity contribution in [3.8, 4) is 5.75 Å². The molecule has 1 aromatic rings. The first kappa shape index (κ1) is 14.3. The molecule has 1 aliphatic carbocycles. The lowest BCUT2D eigenvalue weighted by atomic mass is 9.93. The third-order valence-corrected chi connectivity index (χ3v) is 3.94. The molecule has 0 bridgehead atoms. The molecule has 1 heterocycles. The van der Waals surface area contributed by atoms with Crippen LogP contribution in [0, 0.1) is 13.8 Å². The van der Waals surface area contributed by atoms with Crippen molar-refractivity contribution in [2.45, 2.75) is 58.3 Å². The summed E-state index contributed by atoms with van der Waals surface area (Å²) >= 11 is 0. The third kappa shape index (κ3) is 3.25. The van der Waals surface area contributed by atoms with E-state index in [-0.39, 0.29) is 12.1 Å². The van der Waals surface area contributed by atoms with Gasteiger partial charge in [0.1, 0.15) is 5.75 Å². The second kappa shape index (κ2) is 6.35. The van der Waals surface area contributed by atoms with Crippen LogP contribution in [0.15, 0.2) is 6.20 Å². The first-order chi connectivity index (χ1) is 9.13. The summed E-state index contributed by atoms with van der Waals surface area (Å²) in [4.78, 5) is 4.45. The number of methoxy groups -OCH3 is 1. The van der Waals surface area contributed by atoms with Crippen LogP contribution in [0.1, 0.15) is 42.5 Å². The van der Waals surface area contributed by atoms with Crippen LogP contribution in [0.25, 0.3) is 0 Å². The van der Waals surface area contributed by atoms with E-state index in [0.717, 1.165) is 35.4 Å². The Bertz CT molecular complexity index is 434. The lowest BCUT2D eigenvalue weighted by molar-refractivity contribution is 0.00226. The van der Waals surface area contributed by atoms with Crippen LogP contribution in [0.4, 0.5) is 0 Å². The molecule has 1 aromatic heterocycles. The van der Waals surface area contributed by atoms with Crippen LogP contribution in [-0.2, 0) is 11.3 Å². The number of ether oxygens (including phenoxy) is 2. The van der Waals surface area contributed by atoms with Crippen LogP contribution in [0.5, 0.6) is 5.75 Å². The van der Waals surface area contributed by atoms with E-state index in [1.807, 2.05) is 20.0 Å². The largest absolute Gasteiger partial charge is 0.496 e. The highest BCUT2D eigenvalue weighted by Crippen LogP contribution is 2.26. The molecular formula is C15H24N2O2. The van der Waals surface area contributed by atoms with Gasteiger partial charge in [0.05, 0.1) is 25.5 Å². The van der Waals surface area contributed by atoms with Gasteiger partial charge in [-0.1, -0.05) is 12.8 Å². The van der Waals surface area contributed by atoms with Crippen molar-refractivity contribution in [2.24, 2.45) is 5.73 Å². The SMILES string of the molecule is COc1c(C)cnc(COC2CCCCC2N)c1C. The number of hydrogen-bond acceptors (Lipinski definition) is 4. The molecule has 0 aromatic carbocycles. The minimum absolute atomic E-state index is 0.168. The first-order valence-corrected chi connectivity index (χ1v) is 6.99. The van der Waals surface area contributed by atoms with Gasteiger partial charge in [0.25, 0.3) is 0 Å². The zero-order valence-corrected chi connectivity index (χ0v) is 12.1. The second-order valence-corrected chi connectivity index (χ2v) is 5.34. The number of aromatic nitrogens is 1. The molecule has 2 unspecified atom stereocenters. The molecule has 0 amide bonds. The zero-order valence-electron chi connectivity index (χ0n) is 12.1. The Labute approximate surface area is 115 Å². The van der Waals surface area contributed by atoms with Gasteiger partial charge in [-0.3, -0.25) is 4.98 Å². The van der Waals surface area contributed by atoms with Crippen LogP contribution in [0.2, 0.25) is 0 Å². The Kier molecular flexibility index (Phi) is 4.77. The highest BCUT2D eigenvalue weighted by molar-refractivity contribution is 5.40. The molecule has 2 atom stereocenters. The molecule has 4 heteroatoms. The highest BCUT2D eigenvalue weighted by Gasteiger charge is 2.23. The van der Waals surface area contributed by atoms with Crippen molar-refractivity contribution in [2.75, 3.05) is 7.11 Å². The fourth-order valence-electron chi connectivity index (χ4n) is 2.74. The zero-order chi connectivity index (χ0) is 13.8. The topological polar surface area (TPSA) is 57.4 Å². The van der Waals surface area contributed by atoms with Gasteiger partial charge in [0.2, 0.25) is 0 Å². The normalized spacial score (nSPS) is 23.4. The monoisotopic (exact) mass is 264 g/mol. The van der Waals surface area contributed by atoms with Crippen LogP contribution in [-0.4, -0.2) is 24.2 Å². The summed E-state index contributed by atoms with van der Waals surface area (Å²) in [6, 6.07) is 0.168. The van der Waals surface area contributed by atoms with E-state index in [2.05, 4.69) is 4.98 Å². The van der Waals surface area contributed by atoms with E-state index in [9.17, 15) is 0 Å². The predicted octanol–water partition coefficient (Wildman–Crippen LogP) is 2.49. The van der Waals surface area contributed by atoms with Crippen molar-refractivity contribution >= 4 is 0 Å². The van der Waals surface area contributed by atoms with E-state index in [1.54, 1.807) is 7.11 Å².